The van der Waals surface area contributed by atoms with E-state index in [0.29, 0.717) is 0 Å². The quantitative estimate of drug-likeness (QED) is 0.325. The van der Waals surface area contributed by atoms with E-state index in [1.165, 1.54) is 9.80 Å². The van der Waals surface area contributed by atoms with Crippen LogP contribution in [0.1, 0.15) is 0 Å². The summed E-state index contributed by atoms with van der Waals surface area (Å²) in [4.78, 5) is 2.83. The van der Waals surface area contributed by atoms with Crippen molar-refractivity contribution in [1.29, 1.82) is 0 Å². The topological polar surface area (TPSA) is 75.2 Å². The highest BCUT2D eigenvalue weighted by Gasteiger charge is 1.61. The van der Waals surface area contributed by atoms with Gasteiger partial charge in [-0.15, -0.1) is 0 Å². The summed E-state index contributed by atoms with van der Waals surface area (Å²) >= 11 is 0. The minimum atomic E-state index is -2.67. The van der Waals surface area contributed by atoms with Gasteiger partial charge in [0.25, 0.3) is 0 Å². The third-order valence-electron chi connectivity index (χ3n) is 0. The van der Waals surface area contributed by atoms with Gasteiger partial charge < -0.3 is 24.9 Å². The van der Waals surface area contributed by atoms with Crippen molar-refractivity contribution in [2.24, 2.45) is 0 Å². The van der Waals surface area contributed by atoms with Crippen LogP contribution in [0, 0.1) is 0 Å². The van der Waals surface area contributed by atoms with E-state index in [0.717, 1.165) is 0 Å². The average Bonchev–Trinajstić information content (AvgIpc) is 1.54. The molecule has 0 fully saturated rings. The van der Waals surface area contributed by atoms with Crippen molar-refractivity contribution < 1.29 is 24.9 Å². The van der Waals surface area contributed by atoms with Crippen molar-refractivity contribution in [3.05, 3.63) is 0 Å². The van der Waals surface area contributed by atoms with Gasteiger partial charge in [-0.25, -0.2) is 0 Å². The van der Waals surface area contributed by atoms with E-state index in [4.69, 9.17) is 15.1 Å². The Morgan fingerprint density at radius 3 is 0.833 bits per heavy atom. The molecule has 0 rings (SSSR count). The van der Waals surface area contributed by atoms with E-state index in [-0.39, 0.29) is 0 Å². The zero-order chi connectivity index (χ0) is 10.7. The first-order valence-corrected chi connectivity index (χ1v) is 3.73. The van der Waals surface area contributed by atoms with E-state index in [1.807, 2.05) is 0 Å². The van der Waals surface area contributed by atoms with Gasteiger partial charge in [-0.3, -0.25) is 0 Å². The lowest BCUT2D eigenvalue weighted by Crippen LogP contribution is -3.02. The van der Waals surface area contributed by atoms with Gasteiger partial charge in [0.15, 0.2) is 0 Å². The van der Waals surface area contributed by atoms with Gasteiger partial charge in [0.2, 0.25) is 0 Å². The maximum atomic E-state index is 8.53. The molecule has 0 aromatic carbocycles. The maximum absolute atomic E-state index is 8.53. The molecule has 0 aromatic heterocycles. The lowest BCUT2D eigenvalue weighted by molar-refractivity contribution is -0.836. The first-order valence-electron chi connectivity index (χ1n) is 3.73. The SMILES string of the molecule is C[NH+](C)C.C[NH+](C)C.[O-]B([O-])O. The van der Waals surface area contributed by atoms with Crippen molar-refractivity contribution >= 4 is 7.32 Å². The van der Waals surface area contributed by atoms with E-state index in [2.05, 4.69) is 42.3 Å². The van der Waals surface area contributed by atoms with Crippen LogP contribution in [-0.4, -0.2) is 54.6 Å². The molecule has 76 valence electrons. The highest BCUT2D eigenvalue weighted by molar-refractivity contribution is 6.26. The van der Waals surface area contributed by atoms with Gasteiger partial charge in [0.05, 0.1) is 49.6 Å². The Labute approximate surface area is 75.4 Å². The molecular formula is C6H21BN2O3. The van der Waals surface area contributed by atoms with Gasteiger partial charge in [-0.05, 0) is 0 Å². The van der Waals surface area contributed by atoms with Crippen LogP contribution in [0.15, 0.2) is 0 Å². The van der Waals surface area contributed by atoms with E-state index in [9.17, 15) is 0 Å². The zero-order valence-corrected chi connectivity index (χ0v) is 8.84. The Morgan fingerprint density at radius 2 is 0.833 bits per heavy atom. The van der Waals surface area contributed by atoms with Crippen molar-refractivity contribution in [2.75, 3.05) is 42.3 Å². The Kier molecular flexibility index (Phi) is 20.0. The molecule has 0 radical (unpaired) electrons. The largest absolute Gasteiger partial charge is 0.871 e. The second-order valence-electron chi connectivity index (χ2n) is 3.31. The molecular weight excluding hydrogens is 159 g/mol. The molecule has 0 amide bonds. The van der Waals surface area contributed by atoms with Crippen LogP contribution in [0.3, 0.4) is 0 Å². The van der Waals surface area contributed by atoms with Crippen molar-refractivity contribution in [3.63, 3.8) is 0 Å². The Morgan fingerprint density at radius 1 is 0.833 bits per heavy atom. The Hall–Kier alpha value is -0.135. The first kappa shape index (κ1) is 17.8. The van der Waals surface area contributed by atoms with Crippen LogP contribution in [0.5, 0.6) is 0 Å². The summed E-state index contributed by atoms with van der Waals surface area (Å²) in [7, 11) is 9.83. The fourth-order valence-corrected chi connectivity index (χ4v) is 0. The number of hydrogen-bond donors (Lipinski definition) is 3. The summed E-state index contributed by atoms with van der Waals surface area (Å²) in [6.07, 6.45) is 0. The van der Waals surface area contributed by atoms with Gasteiger partial charge in [0, 0.05) is 0 Å². The third-order valence-corrected chi connectivity index (χ3v) is 0. The third kappa shape index (κ3) is 42500. The minimum Gasteiger partial charge on any atom is -0.871 e. The lowest BCUT2D eigenvalue weighted by Gasteiger charge is -2.13. The predicted octanol–water partition coefficient (Wildman–Crippen LogP) is -5.79. The first-order chi connectivity index (χ1) is 5.20. The van der Waals surface area contributed by atoms with Crippen LogP contribution in [0.4, 0.5) is 0 Å². The lowest BCUT2D eigenvalue weighted by atomic mass is 10.3. The maximum Gasteiger partial charge on any atom is 0.0661 e. The number of hydrogen-bond acceptors (Lipinski definition) is 3. The molecule has 0 aromatic rings. The number of rotatable bonds is 0. The van der Waals surface area contributed by atoms with Crippen molar-refractivity contribution in [1.82, 2.24) is 0 Å². The second kappa shape index (κ2) is 13.5. The second-order valence-corrected chi connectivity index (χ2v) is 3.31. The number of quaternary nitrogens is 2. The van der Waals surface area contributed by atoms with Crippen LogP contribution < -0.4 is 19.8 Å². The van der Waals surface area contributed by atoms with Gasteiger partial charge in [-0.1, -0.05) is 0 Å². The monoisotopic (exact) mass is 180 g/mol. The van der Waals surface area contributed by atoms with E-state index >= 15 is 0 Å². The molecule has 0 saturated heterocycles. The molecule has 0 bridgehead atoms. The molecule has 0 aliphatic carbocycles. The molecule has 0 saturated carbocycles. The van der Waals surface area contributed by atoms with Crippen molar-refractivity contribution in [3.8, 4) is 0 Å². The zero-order valence-electron chi connectivity index (χ0n) is 8.84. The Bertz CT molecular complexity index is 49.3. The van der Waals surface area contributed by atoms with Crippen LogP contribution in [-0.2, 0) is 0 Å². The predicted molar refractivity (Wildman–Crippen MR) is 45.4 cm³/mol. The fraction of sp³-hybridized carbons (Fsp3) is 1.00. The molecule has 3 N–H and O–H groups in total. The standard InChI is InChI=1S/2C3H9N.BHO3/c2*1-4(2)3;2-1(3)4/h2*1-3H3;2H/q;;-2/p+2. The highest BCUT2D eigenvalue weighted by atomic mass is 16.5. The Balaban J connectivity index is -0.000000101. The minimum absolute atomic E-state index is 1.42. The highest BCUT2D eigenvalue weighted by Crippen LogP contribution is 1.16. The van der Waals surface area contributed by atoms with Gasteiger partial charge in [0.1, 0.15) is 0 Å². The molecule has 0 aliphatic heterocycles. The van der Waals surface area contributed by atoms with E-state index in [1.54, 1.807) is 0 Å². The van der Waals surface area contributed by atoms with Gasteiger partial charge >= 0.3 is 0 Å². The van der Waals surface area contributed by atoms with E-state index < -0.39 is 7.32 Å². The summed E-state index contributed by atoms with van der Waals surface area (Å²) in [5, 5.41) is 24.0. The smallest absolute Gasteiger partial charge is 0.0661 e. The van der Waals surface area contributed by atoms with Crippen LogP contribution in [0.25, 0.3) is 0 Å². The summed E-state index contributed by atoms with van der Waals surface area (Å²) in [6, 6.07) is 0. The number of nitrogens with one attached hydrogen (secondary N) is 2. The van der Waals surface area contributed by atoms with Crippen LogP contribution in [0.2, 0.25) is 0 Å². The molecule has 6 heteroatoms. The summed E-state index contributed by atoms with van der Waals surface area (Å²) in [5.41, 5.74) is 0. The molecule has 0 unspecified atom stereocenters. The van der Waals surface area contributed by atoms with Crippen LogP contribution >= 0.6 is 0 Å². The summed E-state index contributed by atoms with van der Waals surface area (Å²) < 4.78 is 0. The summed E-state index contributed by atoms with van der Waals surface area (Å²) in [5.74, 6) is 0. The normalized spacial score (nSPS) is 8.25. The fourth-order valence-electron chi connectivity index (χ4n) is 0. The molecule has 0 atom stereocenters. The average molecular weight is 180 g/mol. The molecule has 12 heavy (non-hydrogen) atoms. The molecule has 5 nitrogen and oxygen atoms in total. The summed E-state index contributed by atoms with van der Waals surface area (Å²) in [6.45, 7) is 0. The molecule has 0 spiro atoms. The van der Waals surface area contributed by atoms with Gasteiger partial charge in [-0.2, -0.15) is 0 Å². The molecule has 0 aliphatic rings. The molecule has 0 heterocycles. The van der Waals surface area contributed by atoms with Crippen molar-refractivity contribution in [2.45, 2.75) is 0 Å².